The number of hydrogen-bond donors (Lipinski definition) is 2. The molecule has 0 spiro atoms. The minimum atomic E-state index is -4.98. The third-order valence-electron chi connectivity index (χ3n) is 3.94. The van der Waals surface area contributed by atoms with Crippen LogP contribution in [0.1, 0.15) is 24.5 Å². The lowest BCUT2D eigenvalue weighted by molar-refractivity contribution is -0.167. The molecular formula is C20H20F3N3O3. The molecule has 0 aliphatic carbocycles. The Morgan fingerprint density at radius 2 is 1.79 bits per heavy atom. The van der Waals surface area contributed by atoms with Crippen LogP contribution in [0.5, 0.6) is 5.75 Å². The van der Waals surface area contributed by atoms with Gasteiger partial charge in [-0.15, -0.1) is 0 Å². The van der Waals surface area contributed by atoms with Crippen molar-refractivity contribution >= 4 is 23.2 Å². The number of carbonyl (C=O) groups is 2. The highest BCUT2D eigenvalue weighted by Gasteiger charge is 2.38. The molecule has 0 saturated heterocycles. The minimum absolute atomic E-state index is 0.0230. The van der Waals surface area contributed by atoms with Crippen molar-refractivity contribution in [2.24, 2.45) is 5.10 Å². The van der Waals surface area contributed by atoms with Crippen LogP contribution in [0.2, 0.25) is 0 Å². The highest BCUT2D eigenvalue weighted by molar-refractivity contribution is 6.01. The number of alkyl halides is 3. The van der Waals surface area contributed by atoms with Gasteiger partial charge in [0.25, 0.3) is 0 Å². The normalized spacial score (nSPS) is 11.7. The fourth-order valence-electron chi connectivity index (χ4n) is 2.34. The van der Waals surface area contributed by atoms with Crippen molar-refractivity contribution in [2.75, 3.05) is 12.4 Å². The standard InChI is InChI=1S/C20H20F3N3O3/c1-13(15-4-3-5-16(12-15)24-19(28)20(21,22)23)25-26-18(27)11-8-14-6-9-17(29-2)10-7-14/h3-7,9-10,12H,8,11H2,1-2H3,(H,24,28)(H,26,27)/b25-13+. The molecule has 2 N–H and O–H groups in total. The smallest absolute Gasteiger partial charge is 0.471 e. The Kier molecular flexibility index (Phi) is 7.35. The molecule has 2 aromatic rings. The van der Waals surface area contributed by atoms with E-state index in [1.54, 1.807) is 37.5 Å². The molecule has 0 aromatic heterocycles. The Morgan fingerprint density at radius 1 is 1.10 bits per heavy atom. The highest BCUT2D eigenvalue weighted by Crippen LogP contribution is 2.19. The lowest BCUT2D eigenvalue weighted by Gasteiger charge is -2.09. The molecule has 0 heterocycles. The Bertz CT molecular complexity index is 894. The maximum Gasteiger partial charge on any atom is 0.471 e. The van der Waals surface area contributed by atoms with Gasteiger partial charge in [0.15, 0.2) is 0 Å². The first kappa shape index (κ1) is 21.9. The molecule has 0 atom stereocenters. The van der Waals surface area contributed by atoms with Crippen molar-refractivity contribution in [3.63, 3.8) is 0 Å². The van der Waals surface area contributed by atoms with Crippen LogP contribution in [0, 0.1) is 0 Å². The summed E-state index contributed by atoms with van der Waals surface area (Å²) in [5.41, 5.74) is 4.20. The average Bonchev–Trinajstić information content (AvgIpc) is 2.70. The maximum absolute atomic E-state index is 12.3. The van der Waals surface area contributed by atoms with Crippen LogP contribution in [-0.2, 0) is 16.0 Å². The molecule has 29 heavy (non-hydrogen) atoms. The summed E-state index contributed by atoms with van der Waals surface area (Å²) in [6.07, 6.45) is -4.24. The zero-order valence-corrected chi connectivity index (χ0v) is 15.8. The largest absolute Gasteiger partial charge is 0.497 e. The number of rotatable bonds is 7. The second kappa shape index (κ2) is 9.72. The summed E-state index contributed by atoms with van der Waals surface area (Å²) in [5, 5.41) is 5.74. The molecule has 2 amide bonds. The van der Waals surface area contributed by atoms with Gasteiger partial charge >= 0.3 is 12.1 Å². The van der Waals surface area contributed by atoms with Gasteiger partial charge in [-0.05, 0) is 48.7 Å². The fourth-order valence-corrected chi connectivity index (χ4v) is 2.34. The van der Waals surface area contributed by atoms with Crippen molar-refractivity contribution < 1.29 is 27.5 Å². The Labute approximate surface area is 165 Å². The first-order chi connectivity index (χ1) is 13.7. The van der Waals surface area contributed by atoms with E-state index in [1.165, 1.54) is 18.2 Å². The number of nitrogens with zero attached hydrogens (tertiary/aromatic N) is 1. The second-order valence-corrected chi connectivity index (χ2v) is 6.11. The van der Waals surface area contributed by atoms with E-state index in [-0.39, 0.29) is 18.0 Å². The summed E-state index contributed by atoms with van der Waals surface area (Å²) in [5.74, 6) is -1.63. The maximum atomic E-state index is 12.3. The molecule has 0 bridgehead atoms. The van der Waals surface area contributed by atoms with Gasteiger partial charge in [0, 0.05) is 12.1 Å². The molecule has 0 unspecified atom stereocenters. The zero-order valence-electron chi connectivity index (χ0n) is 15.8. The molecule has 9 heteroatoms. The Hall–Kier alpha value is -3.36. The van der Waals surface area contributed by atoms with Gasteiger partial charge in [-0.25, -0.2) is 5.43 Å². The van der Waals surface area contributed by atoms with Crippen molar-refractivity contribution in [1.82, 2.24) is 5.43 Å². The summed E-state index contributed by atoms with van der Waals surface area (Å²) < 4.78 is 42.1. The third-order valence-corrected chi connectivity index (χ3v) is 3.94. The number of halogens is 3. The zero-order chi connectivity index (χ0) is 21.4. The van der Waals surface area contributed by atoms with Gasteiger partial charge in [0.1, 0.15) is 5.75 Å². The van der Waals surface area contributed by atoms with Crippen molar-refractivity contribution in [3.8, 4) is 5.75 Å². The van der Waals surface area contributed by atoms with E-state index >= 15 is 0 Å². The van der Waals surface area contributed by atoms with Gasteiger partial charge in [0.05, 0.1) is 12.8 Å². The molecule has 154 valence electrons. The molecule has 0 saturated carbocycles. The van der Waals surface area contributed by atoms with E-state index in [9.17, 15) is 22.8 Å². The van der Waals surface area contributed by atoms with Crippen LogP contribution in [0.25, 0.3) is 0 Å². The van der Waals surface area contributed by atoms with Crippen molar-refractivity contribution in [3.05, 3.63) is 59.7 Å². The Balaban J connectivity index is 1.92. The van der Waals surface area contributed by atoms with Gasteiger partial charge in [-0.3, -0.25) is 9.59 Å². The lowest BCUT2D eigenvalue weighted by atomic mass is 10.1. The fraction of sp³-hybridized carbons (Fsp3) is 0.250. The summed E-state index contributed by atoms with van der Waals surface area (Å²) in [6.45, 7) is 1.59. The van der Waals surface area contributed by atoms with Gasteiger partial charge in [-0.1, -0.05) is 24.3 Å². The monoisotopic (exact) mass is 407 g/mol. The second-order valence-electron chi connectivity index (χ2n) is 6.11. The number of hydrazone groups is 1. The first-order valence-corrected chi connectivity index (χ1v) is 8.63. The van der Waals surface area contributed by atoms with Crippen molar-refractivity contribution in [1.29, 1.82) is 0 Å². The SMILES string of the molecule is COc1ccc(CCC(=O)N/N=C(\C)c2cccc(NC(=O)C(F)(F)F)c2)cc1. The summed E-state index contributed by atoms with van der Waals surface area (Å²) in [4.78, 5) is 23.0. The molecule has 2 aromatic carbocycles. The lowest BCUT2D eigenvalue weighted by Crippen LogP contribution is -2.29. The third kappa shape index (κ3) is 6.95. The van der Waals surface area contributed by atoms with E-state index in [0.29, 0.717) is 17.7 Å². The van der Waals surface area contributed by atoms with Crippen LogP contribution in [0.3, 0.4) is 0 Å². The van der Waals surface area contributed by atoms with E-state index in [4.69, 9.17) is 4.74 Å². The quantitative estimate of drug-likeness (QED) is 0.543. The first-order valence-electron chi connectivity index (χ1n) is 8.63. The molecule has 0 aliphatic heterocycles. The van der Waals surface area contributed by atoms with Gasteiger partial charge in [0.2, 0.25) is 5.91 Å². The van der Waals surface area contributed by atoms with E-state index in [2.05, 4.69) is 10.5 Å². The van der Waals surface area contributed by atoms with Crippen molar-refractivity contribution in [2.45, 2.75) is 25.9 Å². The van der Waals surface area contributed by atoms with Crippen LogP contribution < -0.4 is 15.5 Å². The predicted molar refractivity (Wildman–Crippen MR) is 103 cm³/mol. The van der Waals surface area contributed by atoms with E-state index < -0.39 is 12.1 Å². The number of benzene rings is 2. The number of hydrogen-bond acceptors (Lipinski definition) is 4. The van der Waals surface area contributed by atoms with Crippen LogP contribution in [0.4, 0.5) is 18.9 Å². The minimum Gasteiger partial charge on any atom is -0.497 e. The molecule has 2 rings (SSSR count). The molecule has 6 nitrogen and oxygen atoms in total. The number of aryl methyl sites for hydroxylation is 1. The average molecular weight is 407 g/mol. The van der Waals surface area contributed by atoms with Crippen LogP contribution >= 0.6 is 0 Å². The number of ether oxygens (including phenoxy) is 1. The topological polar surface area (TPSA) is 79.8 Å². The number of amides is 2. The van der Waals surface area contributed by atoms with Crippen LogP contribution in [0.15, 0.2) is 53.6 Å². The molecule has 0 radical (unpaired) electrons. The number of methoxy groups -OCH3 is 1. The molecule has 0 aliphatic rings. The number of anilines is 1. The van der Waals surface area contributed by atoms with E-state index in [0.717, 1.165) is 11.3 Å². The number of nitrogens with one attached hydrogen (secondary N) is 2. The predicted octanol–water partition coefficient (Wildman–Crippen LogP) is 3.67. The van der Waals surface area contributed by atoms with Gasteiger partial charge in [-0.2, -0.15) is 18.3 Å². The van der Waals surface area contributed by atoms with E-state index in [1.807, 2.05) is 12.1 Å². The summed E-state index contributed by atoms with van der Waals surface area (Å²) in [7, 11) is 1.57. The summed E-state index contributed by atoms with van der Waals surface area (Å²) >= 11 is 0. The molecular weight excluding hydrogens is 387 g/mol. The summed E-state index contributed by atoms with van der Waals surface area (Å²) in [6, 6.07) is 13.1. The highest BCUT2D eigenvalue weighted by atomic mass is 19.4. The van der Waals surface area contributed by atoms with Gasteiger partial charge < -0.3 is 10.1 Å². The number of carbonyl (C=O) groups excluding carboxylic acids is 2. The van der Waals surface area contributed by atoms with Crippen LogP contribution in [-0.4, -0.2) is 30.8 Å². The molecule has 0 fully saturated rings. The Morgan fingerprint density at radius 3 is 2.41 bits per heavy atom.